The molecule has 2 heterocycles. The van der Waals surface area contributed by atoms with Crippen LogP contribution in [0.1, 0.15) is 35.6 Å². The monoisotopic (exact) mass is 368 g/mol. The Hall–Kier alpha value is -2.22. The van der Waals surface area contributed by atoms with Gasteiger partial charge in [0.25, 0.3) is 0 Å². The molecule has 27 heavy (non-hydrogen) atoms. The van der Waals surface area contributed by atoms with Gasteiger partial charge in [0, 0.05) is 50.7 Å². The second kappa shape index (κ2) is 7.80. The number of nitrogens with two attached hydrogens (primary N) is 2. The van der Waals surface area contributed by atoms with Gasteiger partial charge in [-0.15, -0.1) is 0 Å². The predicted octanol–water partition coefficient (Wildman–Crippen LogP) is 1.08. The van der Waals surface area contributed by atoms with Crippen LogP contribution >= 0.6 is 0 Å². The number of aromatic nitrogens is 2. The summed E-state index contributed by atoms with van der Waals surface area (Å²) in [4.78, 5) is 13.6. The molecule has 2 aliphatic rings. The maximum Gasteiger partial charge on any atom is 0.222 e. The summed E-state index contributed by atoms with van der Waals surface area (Å²) in [5.74, 6) is 1.69. The Morgan fingerprint density at radius 1 is 1.04 bits per heavy atom. The Morgan fingerprint density at radius 3 is 2.41 bits per heavy atom. The van der Waals surface area contributed by atoms with Crippen molar-refractivity contribution >= 4 is 11.8 Å². The molecule has 0 spiro atoms. The van der Waals surface area contributed by atoms with Crippen molar-refractivity contribution in [3.05, 3.63) is 47.2 Å². The molecule has 7 nitrogen and oxygen atoms in total. The van der Waals surface area contributed by atoms with E-state index >= 15 is 0 Å². The number of piperazine rings is 1. The standard InChI is InChI=1S/C20H28N6O/c21-17-9-16(10-17)18-11-19(24-20(22)23-18)26-7-5-25(6-8-26)12-14-3-1-2-4-15(14)13-27/h1-4,11,16-17,27H,5-10,12-13,21H2,(H2,22,23,24). The van der Waals surface area contributed by atoms with Gasteiger partial charge in [-0.2, -0.15) is 4.98 Å². The first-order chi connectivity index (χ1) is 13.1. The third-order valence-electron chi connectivity index (χ3n) is 5.72. The van der Waals surface area contributed by atoms with Crippen LogP contribution in [0.15, 0.2) is 30.3 Å². The van der Waals surface area contributed by atoms with Crippen LogP contribution in [0, 0.1) is 0 Å². The number of hydrogen-bond acceptors (Lipinski definition) is 7. The molecule has 1 aliphatic carbocycles. The molecule has 1 saturated heterocycles. The largest absolute Gasteiger partial charge is 0.392 e. The van der Waals surface area contributed by atoms with E-state index in [1.807, 2.05) is 18.2 Å². The van der Waals surface area contributed by atoms with Crippen LogP contribution in [-0.4, -0.2) is 52.2 Å². The Kier molecular flexibility index (Phi) is 5.24. The van der Waals surface area contributed by atoms with E-state index in [1.54, 1.807) is 0 Å². The molecule has 1 aliphatic heterocycles. The van der Waals surface area contributed by atoms with E-state index < -0.39 is 0 Å². The molecule has 144 valence electrons. The van der Waals surface area contributed by atoms with E-state index in [0.717, 1.165) is 62.6 Å². The average molecular weight is 368 g/mol. The first kappa shape index (κ1) is 18.2. The van der Waals surface area contributed by atoms with Crippen molar-refractivity contribution in [2.75, 3.05) is 36.8 Å². The van der Waals surface area contributed by atoms with Gasteiger partial charge in [-0.1, -0.05) is 24.3 Å². The minimum Gasteiger partial charge on any atom is -0.392 e. The van der Waals surface area contributed by atoms with Crippen molar-refractivity contribution in [1.29, 1.82) is 0 Å². The number of nitrogen functional groups attached to an aromatic ring is 1. The van der Waals surface area contributed by atoms with Crippen LogP contribution in [-0.2, 0) is 13.2 Å². The molecule has 4 rings (SSSR count). The van der Waals surface area contributed by atoms with Gasteiger partial charge in [-0.3, -0.25) is 4.90 Å². The van der Waals surface area contributed by atoms with E-state index in [9.17, 15) is 5.11 Å². The lowest BCUT2D eigenvalue weighted by molar-refractivity contribution is 0.242. The summed E-state index contributed by atoms with van der Waals surface area (Å²) in [6.45, 7) is 4.66. The highest BCUT2D eigenvalue weighted by molar-refractivity contribution is 5.45. The Labute approximate surface area is 160 Å². The fraction of sp³-hybridized carbons (Fsp3) is 0.500. The van der Waals surface area contributed by atoms with Crippen molar-refractivity contribution in [1.82, 2.24) is 14.9 Å². The van der Waals surface area contributed by atoms with E-state index in [4.69, 9.17) is 11.5 Å². The molecule has 1 saturated carbocycles. The van der Waals surface area contributed by atoms with Crippen LogP contribution in [0.5, 0.6) is 0 Å². The lowest BCUT2D eigenvalue weighted by Crippen LogP contribution is -2.46. The number of rotatable bonds is 5. The molecule has 0 radical (unpaired) electrons. The quantitative estimate of drug-likeness (QED) is 0.725. The highest BCUT2D eigenvalue weighted by Gasteiger charge is 2.30. The van der Waals surface area contributed by atoms with E-state index in [-0.39, 0.29) is 6.61 Å². The number of nitrogens with zero attached hydrogens (tertiary/aromatic N) is 4. The van der Waals surface area contributed by atoms with Crippen molar-refractivity contribution in [3.8, 4) is 0 Å². The summed E-state index contributed by atoms with van der Waals surface area (Å²) in [6.07, 6.45) is 1.96. The average Bonchev–Trinajstić information content (AvgIpc) is 2.66. The number of benzene rings is 1. The third-order valence-corrected chi connectivity index (χ3v) is 5.72. The molecule has 2 fully saturated rings. The zero-order chi connectivity index (χ0) is 18.8. The number of hydrogen-bond donors (Lipinski definition) is 3. The van der Waals surface area contributed by atoms with Crippen molar-refractivity contribution < 1.29 is 5.11 Å². The maximum atomic E-state index is 9.52. The summed E-state index contributed by atoms with van der Waals surface area (Å²) in [7, 11) is 0. The molecule has 0 unspecified atom stereocenters. The molecule has 0 bridgehead atoms. The first-order valence-corrected chi connectivity index (χ1v) is 9.67. The van der Waals surface area contributed by atoms with Crippen LogP contribution < -0.4 is 16.4 Å². The minimum absolute atomic E-state index is 0.0873. The van der Waals surface area contributed by atoms with Gasteiger partial charge in [-0.05, 0) is 24.0 Å². The molecule has 0 atom stereocenters. The SMILES string of the molecule is Nc1nc(C2CC(N)C2)cc(N2CCN(Cc3ccccc3CO)CC2)n1. The Bertz CT molecular complexity index is 784. The second-order valence-electron chi connectivity index (χ2n) is 7.63. The zero-order valence-electron chi connectivity index (χ0n) is 15.6. The Balaban J connectivity index is 1.39. The normalized spacial score (nSPS) is 23.3. The lowest BCUT2D eigenvalue weighted by Gasteiger charge is -2.36. The molecule has 1 aromatic heterocycles. The van der Waals surface area contributed by atoms with E-state index in [0.29, 0.717) is 17.9 Å². The summed E-state index contributed by atoms with van der Waals surface area (Å²) >= 11 is 0. The smallest absolute Gasteiger partial charge is 0.222 e. The van der Waals surface area contributed by atoms with E-state index in [2.05, 4.69) is 31.9 Å². The first-order valence-electron chi connectivity index (χ1n) is 9.67. The van der Waals surface area contributed by atoms with Gasteiger partial charge in [0.05, 0.1) is 12.3 Å². The van der Waals surface area contributed by atoms with Crippen LogP contribution in [0.3, 0.4) is 0 Å². The molecular formula is C20H28N6O. The fourth-order valence-corrected chi connectivity index (χ4v) is 3.99. The highest BCUT2D eigenvalue weighted by Crippen LogP contribution is 2.36. The summed E-state index contributed by atoms with van der Waals surface area (Å²) < 4.78 is 0. The minimum atomic E-state index is 0.0873. The molecule has 0 amide bonds. The highest BCUT2D eigenvalue weighted by atomic mass is 16.3. The van der Waals surface area contributed by atoms with E-state index in [1.165, 1.54) is 5.56 Å². The van der Waals surface area contributed by atoms with Crippen LogP contribution in [0.4, 0.5) is 11.8 Å². The van der Waals surface area contributed by atoms with Gasteiger partial charge in [-0.25, -0.2) is 4.98 Å². The summed E-state index contributed by atoms with van der Waals surface area (Å²) in [5.41, 5.74) is 15.1. The van der Waals surface area contributed by atoms with Gasteiger partial charge in [0.2, 0.25) is 5.95 Å². The number of aliphatic hydroxyl groups excluding tert-OH is 1. The molecular weight excluding hydrogens is 340 g/mol. The molecule has 2 aromatic rings. The maximum absolute atomic E-state index is 9.52. The number of aliphatic hydroxyl groups is 1. The molecule has 5 N–H and O–H groups in total. The summed E-state index contributed by atoms with van der Waals surface area (Å²) in [6, 6.07) is 10.5. The van der Waals surface area contributed by atoms with Crippen molar-refractivity contribution in [2.45, 2.75) is 38.0 Å². The van der Waals surface area contributed by atoms with Gasteiger partial charge in [0.1, 0.15) is 5.82 Å². The topological polar surface area (TPSA) is 105 Å². The zero-order valence-corrected chi connectivity index (χ0v) is 15.6. The van der Waals surface area contributed by atoms with Crippen molar-refractivity contribution in [2.24, 2.45) is 5.73 Å². The summed E-state index contributed by atoms with van der Waals surface area (Å²) in [5, 5.41) is 9.52. The lowest BCUT2D eigenvalue weighted by atomic mass is 9.78. The third kappa shape index (κ3) is 4.05. The molecule has 7 heteroatoms. The fourth-order valence-electron chi connectivity index (χ4n) is 3.99. The predicted molar refractivity (Wildman–Crippen MR) is 106 cm³/mol. The van der Waals surface area contributed by atoms with Crippen molar-refractivity contribution in [3.63, 3.8) is 0 Å². The van der Waals surface area contributed by atoms with Crippen LogP contribution in [0.25, 0.3) is 0 Å². The van der Waals surface area contributed by atoms with Gasteiger partial charge >= 0.3 is 0 Å². The molecule has 1 aromatic carbocycles. The van der Waals surface area contributed by atoms with Crippen LogP contribution in [0.2, 0.25) is 0 Å². The Morgan fingerprint density at radius 2 is 1.74 bits per heavy atom. The number of anilines is 2. The second-order valence-corrected chi connectivity index (χ2v) is 7.63. The van der Waals surface area contributed by atoms with Gasteiger partial charge in [0.15, 0.2) is 0 Å². The van der Waals surface area contributed by atoms with Gasteiger partial charge < -0.3 is 21.5 Å².